The SMILES string of the molecule is CCCCNC/C=C/C(C)C. The van der Waals surface area contributed by atoms with E-state index >= 15 is 0 Å². The third-order valence-corrected chi connectivity index (χ3v) is 1.49. The second-order valence-electron chi connectivity index (χ2n) is 3.23. The molecule has 0 saturated carbocycles. The van der Waals surface area contributed by atoms with Crippen LogP contribution in [-0.2, 0) is 0 Å². The molecule has 0 saturated heterocycles. The Morgan fingerprint density at radius 3 is 2.64 bits per heavy atom. The van der Waals surface area contributed by atoms with Crippen LogP contribution in [-0.4, -0.2) is 13.1 Å². The van der Waals surface area contributed by atoms with Gasteiger partial charge in [0, 0.05) is 6.54 Å². The van der Waals surface area contributed by atoms with E-state index < -0.39 is 0 Å². The quantitative estimate of drug-likeness (QED) is 0.459. The van der Waals surface area contributed by atoms with Crippen molar-refractivity contribution in [3.8, 4) is 0 Å². The zero-order valence-corrected chi connectivity index (χ0v) is 8.06. The molecule has 0 aliphatic rings. The highest BCUT2D eigenvalue weighted by atomic mass is 14.8. The van der Waals surface area contributed by atoms with E-state index in [2.05, 4.69) is 38.2 Å². The summed E-state index contributed by atoms with van der Waals surface area (Å²) < 4.78 is 0. The van der Waals surface area contributed by atoms with Crippen LogP contribution in [0.25, 0.3) is 0 Å². The predicted octanol–water partition coefficient (Wildman–Crippen LogP) is 2.59. The van der Waals surface area contributed by atoms with Gasteiger partial charge in [-0.05, 0) is 18.9 Å². The Morgan fingerprint density at radius 2 is 2.09 bits per heavy atom. The maximum absolute atomic E-state index is 3.35. The normalized spacial score (nSPS) is 11.6. The molecule has 0 aromatic rings. The summed E-state index contributed by atoms with van der Waals surface area (Å²) in [5, 5.41) is 3.35. The summed E-state index contributed by atoms with van der Waals surface area (Å²) in [5.41, 5.74) is 0. The van der Waals surface area contributed by atoms with E-state index in [-0.39, 0.29) is 0 Å². The van der Waals surface area contributed by atoms with Gasteiger partial charge in [0.15, 0.2) is 0 Å². The molecular weight excluding hydrogens is 134 g/mol. The Hall–Kier alpha value is -0.300. The maximum atomic E-state index is 3.35. The molecule has 0 unspecified atom stereocenters. The van der Waals surface area contributed by atoms with Crippen LogP contribution in [0.5, 0.6) is 0 Å². The van der Waals surface area contributed by atoms with Crippen LogP contribution in [0.15, 0.2) is 12.2 Å². The Labute approximate surface area is 70.9 Å². The third kappa shape index (κ3) is 9.70. The van der Waals surface area contributed by atoms with Crippen molar-refractivity contribution in [2.45, 2.75) is 33.6 Å². The highest BCUT2D eigenvalue weighted by molar-refractivity contribution is 4.85. The van der Waals surface area contributed by atoms with Crippen molar-refractivity contribution >= 4 is 0 Å². The number of unbranched alkanes of at least 4 members (excludes halogenated alkanes) is 1. The third-order valence-electron chi connectivity index (χ3n) is 1.49. The molecular formula is C10H21N. The first-order chi connectivity index (χ1) is 5.27. The molecule has 66 valence electrons. The van der Waals surface area contributed by atoms with Gasteiger partial charge < -0.3 is 5.32 Å². The largest absolute Gasteiger partial charge is 0.313 e. The molecule has 1 nitrogen and oxygen atoms in total. The Morgan fingerprint density at radius 1 is 1.36 bits per heavy atom. The minimum Gasteiger partial charge on any atom is -0.313 e. The highest BCUT2D eigenvalue weighted by Gasteiger charge is 1.83. The number of hydrogen-bond donors (Lipinski definition) is 1. The first-order valence-corrected chi connectivity index (χ1v) is 4.64. The van der Waals surface area contributed by atoms with Gasteiger partial charge in [0.05, 0.1) is 0 Å². The summed E-state index contributed by atoms with van der Waals surface area (Å²) in [5.74, 6) is 0.683. The molecule has 0 rings (SSSR count). The summed E-state index contributed by atoms with van der Waals surface area (Å²) >= 11 is 0. The van der Waals surface area contributed by atoms with E-state index in [0.29, 0.717) is 5.92 Å². The average molecular weight is 155 g/mol. The number of allylic oxidation sites excluding steroid dienone is 1. The summed E-state index contributed by atoms with van der Waals surface area (Å²) in [4.78, 5) is 0. The molecule has 0 radical (unpaired) electrons. The molecule has 1 heteroatoms. The summed E-state index contributed by atoms with van der Waals surface area (Å²) in [7, 11) is 0. The van der Waals surface area contributed by atoms with Crippen LogP contribution in [0, 0.1) is 5.92 Å². The minimum atomic E-state index is 0.683. The van der Waals surface area contributed by atoms with Crippen LogP contribution in [0.2, 0.25) is 0 Å². The summed E-state index contributed by atoms with van der Waals surface area (Å²) in [6, 6.07) is 0. The lowest BCUT2D eigenvalue weighted by atomic mass is 10.2. The molecule has 0 bridgehead atoms. The van der Waals surface area contributed by atoms with Gasteiger partial charge in [0.2, 0.25) is 0 Å². The molecule has 0 aromatic heterocycles. The van der Waals surface area contributed by atoms with Crippen molar-refractivity contribution in [3.05, 3.63) is 12.2 Å². The van der Waals surface area contributed by atoms with Gasteiger partial charge in [-0.3, -0.25) is 0 Å². The summed E-state index contributed by atoms with van der Waals surface area (Å²) in [6.07, 6.45) is 7.01. The number of hydrogen-bond acceptors (Lipinski definition) is 1. The molecule has 0 aliphatic heterocycles. The van der Waals surface area contributed by atoms with Gasteiger partial charge in [-0.25, -0.2) is 0 Å². The van der Waals surface area contributed by atoms with Gasteiger partial charge in [-0.1, -0.05) is 39.3 Å². The van der Waals surface area contributed by atoms with Crippen LogP contribution < -0.4 is 5.32 Å². The van der Waals surface area contributed by atoms with Gasteiger partial charge in [0.1, 0.15) is 0 Å². The Bertz CT molecular complexity index is 95.0. The van der Waals surface area contributed by atoms with Gasteiger partial charge in [-0.15, -0.1) is 0 Å². The van der Waals surface area contributed by atoms with E-state index in [1.54, 1.807) is 0 Å². The van der Waals surface area contributed by atoms with Gasteiger partial charge >= 0.3 is 0 Å². The molecule has 1 N–H and O–H groups in total. The van der Waals surface area contributed by atoms with Crippen LogP contribution in [0.3, 0.4) is 0 Å². The molecule has 0 fully saturated rings. The molecule has 0 atom stereocenters. The molecule has 11 heavy (non-hydrogen) atoms. The monoisotopic (exact) mass is 155 g/mol. The Kier molecular flexibility index (Phi) is 7.59. The van der Waals surface area contributed by atoms with Crippen LogP contribution in [0.4, 0.5) is 0 Å². The first-order valence-electron chi connectivity index (χ1n) is 4.64. The second-order valence-corrected chi connectivity index (χ2v) is 3.23. The van der Waals surface area contributed by atoms with Crippen molar-refractivity contribution in [1.82, 2.24) is 5.32 Å². The maximum Gasteiger partial charge on any atom is 0.0134 e. The van der Waals surface area contributed by atoms with Crippen LogP contribution >= 0.6 is 0 Å². The zero-order valence-electron chi connectivity index (χ0n) is 8.06. The van der Waals surface area contributed by atoms with Crippen molar-refractivity contribution in [3.63, 3.8) is 0 Å². The number of nitrogens with one attached hydrogen (secondary N) is 1. The smallest absolute Gasteiger partial charge is 0.0134 e. The van der Waals surface area contributed by atoms with E-state index in [1.165, 1.54) is 12.8 Å². The van der Waals surface area contributed by atoms with Crippen molar-refractivity contribution in [1.29, 1.82) is 0 Å². The molecule has 0 aliphatic carbocycles. The Balaban J connectivity index is 3.01. The standard InChI is InChI=1S/C10H21N/c1-4-5-8-11-9-6-7-10(2)3/h6-7,10-11H,4-5,8-9H2,1-3H3/b7-6+. The predicted molar refractivity (Wildman–Crippen MR) is 51.8 cm³/mol. The topological polar surface area (TPSA) is 12.0 Å². The van der Waals surface area contributed by atoms with E-state index in [1.807, 2.05) is 0 Å². The summed E-state index contributed by atoms with van der Waals surface area (Å²) in [6.45, 7) is 8.79. The lowest BCUT2D eigenvalue weighted by Gasteiger charge is -1.98. The van der Waals surface area contributed by atoms with Gasteiger partial charge in [-0.2, -0.15) is 0 Å². The van der Waals surface area contributed by atoms with Crippen molar-refractivity contribution in [2.75, 3.05) is 13.1 Å². The van der Waals surface area contributed by atoms with Crippen molar-refractivity contribution in [2.24, 2.45) is 5.92 Å². The fourth-order valence-electron chi connectivity index (χ4n) is 0.827. The van der Waals surface area contributed by atoms with E-state index in [9.17, 15) is 0 Å². The van der Waals surface area contributed by atoms with Crippen LogP contribution in [0.1, 0.15) is 33.6 Å². The van der Waals surface area contributed by atoms with E-state index in [4.69, 9.17) is 0 Å². The lowest BCUT2D eigenvalue weighted by molar-refractivity contribution is 0.679. The van der Waals surface area contributed by atoms with Crippen molar-refractivity contribution < 1.29 is 0 Å². The van der Waals surface area contributed by atoms with E-state index in [0.717, 1.165) is 13.1 Å². The first kappa shape index (κ1) is 10.7. The highest BCUT2D eigenvalue weighted by Crippen LogP contribution is 1.91. The zero-order chi connectivity index (χ0) is 8.53. The minimum absolute atomic E-state index is 0.683. The lowest BCUT2D eigenvalue weighted by Crippen LogP contribution is -2.14. The second kappa shape index (κ2) is 7.80. The molecule has 0 aromatic carbocycles. The molecule has 0 heterocycles. The average Bonchev–Trinajstić information content (AvgIpc) is 1.96. The van der Waals surface area contributed by atoms with Gasteiger partial charge in [0.25, 0.3) is 0 Å². The molecule has 0 amide bonds. The fourth-order valence-corrected chi connectivity index (χ4v) is 0.827. The number of rotatable bonds is 6. The fraction of sp³-hybridized carbons (Fsp3) is 0.800. The molecule has 0 spiro atoms.